The molecule has 4 bridgehead atoms. The van der Waals surface area contributed by atoms with Crippen LogP contribution in [0.4, 0.5) is 5.69 Å². The maximum Gasteiger partial charge on any atom is 0.342 e. The lowest BCUT2D eigenvalue weighted by molar-refractivity contribution is -0.184. The van der Waals surface area contributed by atoms with E-state index in [1.807, 2.05) is 0 Å². The van der Waals surface area contributed by atoms with Gasteiger partial charge in [-0.25, -0.2) is 24.1 Å². The predicted octanol–water partition coefficient (Wildman–Crippen LogP) is -1.70. The Kier molecular flexibility index (Phi) is 4.53. The maximum absolute atomic E-state index is 15.2. The first-order valence-corrected chi connectivity index (χ1v) is 15.1. The number of methoxy groups -OCH3 is 5. The molecule has 2 saturated carbocycles. The zero-order chi connectivity index (χ0) is 33.0. The van der Waals surface area contributed by atoms with Crippen LogP contribution in [0.3, 0.4) is 0 Å². The third-order valence-corrected chi connectivity index (χ3v) is 13.1. The molecule has 0 spiro atoms. The van der Waals surface area contributed by atoms with Crippen molar-refractivity contribution in [2.45, 2.75) is 46.8 Å². The van der Waals surface area contributed by atoms with Crippen LogP contribution in [0.2, 0.25) is 0 Å². The summed E-state index contributed by atoms with van der Waals surface area (Å²) in [5.74, 6) is -7.91. The number of carbonyl (C=O) groups is 6. The van der Waals surface area contributed by atoms with E-state index in [2.05, 4.69) is 0 Å². The Balaban J connectivity index is 1.20. The quantitative estimate of drug-likeness (QED) is 0.146. The van der Waals surface area contributed by atoms with Crippen molar-refractivity contribution in [2.75, 3.05) is 40.4 Å². The fourth-order valence-electron chi connectivity index (χ4n) is 11.8. The van der Waals surface area contributed by atoms with Gasteiger partial charge < -0.3 is 42.6 Å². The van der Waals surface area contributed by atoms with E-state index in [4.69, 9.17) is 42.6 Å². The summed E-state index contributed by atoms with van der Waals surface area (Å²) in [6.07, 6.45) is -4.80. The molecule has 1 aromatic carbocycles. The monoisotopic (exact) mass is 653 g/mol. The lowest BCUT2D eigenvalue weighted by Gasteiger charge is -2.58. The standard InChI is InChI=1S/C31H27NO15/c1-39-11-8-6-10(7-9-11)32-20(33)26-16-12-13(29(23(36)41-3)28(12,46-29)22(35)40-2)17(44-16)27(26,21(32)34)19-15-14(18(26)45-19)30(24(37)42-4)31(15,47-30)25(38)43-5/h6-9,12-19H,1-5H3/t12?,13?,14?,15?,16-,17+,18+,19-,26?,27?,28+,29-,30-,31+. The van der Waals surface area contributed by atoms with Crippen molar-refractivity contribution in [3.8, 4) is 5.75 Å². The van der Waals surface area contributed by atoms with Gasteiger partial charge in [0.2, 0.25) is 34.2 Å². The Morgan fingerprint density at radius 3 is 1.17 bits per heavy atom. The SMILES string of the molecule is COC(=O)[C@]12O[C@@]1(C(=O)OC)C1C2[C@H]2O[C@@H]1C13C(=O)N(c4ccc(OC)cc4)C(=O)C21[C@H]1O[C@@H]3C2C1[C@]1(C(=O)OC)O[C@]21C(=O)OC. The number of esters is 4. The molecule has 6 unspecified atom stereocenters. The minimum atomic E-state index is -1.83. The van der Waals surface area contributed by atoms with Crippen LogP contribution in [-0.2, 0) is 66.7 Å². The van der Waals surface area contributed by atoms with Crippen LogP contribution in [0.15, 0.2) is 24.3 Å². The summed E-state index contributed by atoms with van der Waals surface area (Å²) >= 11 is 0. The minimum Gasteiger partial charge on any atom is -0.497 e. The number of anilines is 1. The van der Waals surface area contributed by atoms with Crippen molar-refractivity contribution in [3.05, 3.63) is 24.3 Å². The minimum absolute atomic E-state index is 0.243. The van der Waals surface area contributed by atoms with Gasteiger partial charge >= 0.3 is 23.9 Å². The number of ether oxygens (including phenoxy) is 9. The molecule has 16 nitrogen and oxygen atoms in total. The van der Waals surface area contributed by atoms with Crippen LogP contribution in [0.25, 0.3) is 0 Å². The molecule has 14 atom stereocenters. The summed E-state index contributed by atoms with van der Waals surface area (Å²) in [4.78, 5) is 85.0. The van der Waals surface area contributed by atoms with Crippen molar-refractivity contribution < 1.29 is 71.4 Å². The average Bonchev–Trinajstić information content (AvgIpc) is 3.42. The van der Waals surface area contributed by atoms with E-state index in [0.717, 1.165) is 33.3 Å². The van der Waals surface area contributed by atoms with Crippen LogP contribution >= 0.6 is 0 Å². The maximum atomic E-state index is 15.2. The number of nitrogens with zero attached hydrogens (tertiary/aromatic N) is 1. The first-order valence-electron chi connectivity index (χ1n) is 15.1. The zero-order valence-corrected chi connectivity index (χ0v) is 25.5. The lowest BCUT2D eigenvalue weighted by atomic mass is 9.34. The highest BCUT2D eigenvalue weighted by Gasteiger charge is 3.12. The van der Waals surface area contributed by atoms with E-state index >= 15 is 9.59 Å². The van der Waals surface area contributed by atoms with Crippen LogP contribution in [0.5, 0.6) is 5.75 Å². The molecule has 0 aromatic heterocycles. The summed E-state index contributed by atoms with van der Waals surface area (Å²) in [6, 6.07) is 6.32. The molecule has 7 aliphatic heterocycles. The van der Waals surface area contributed by atoms with Crippen LogP contribution in [0.1, 0.15) is 0 Å². The number of fused-ring (bicyclic) bond motifs is 16. The molecule has 2 amide bonds. The van der Waals surface area contributed by atoms with Gasteiger partial charge in [-0.15, -0.1) is 0 Å². The van der Waals surface area contributed by atoms with Crippen molar-refractivity contribution in [1.82, 2.24) is 0 Å². The third kappa shape index (κ3) is 2.08. The van der Waals surface area contributed by atoms with E-state index in [1.54, 1.807) is 24.3 Å². The summed E-state index contributed by atoms with van der Waals surface area (Å²) in [6.45, 7) is 0. The van der Waals surface area contributed by atoms with E-state index in [-0.39, 0.29) is 5.69 Å². The molecule has 7 saturated heterocycles. The van der Waals surface area contributed by atoms with Gasteiger partial charge in [0.15, 0.2) is 0 Å². The normalized spacial score (nSPS) is 51.6. The van der Waals surface area contributed by atoms with Crippen LogP contribution < -0.4 is 9.64 Å². The first-order chi connectivity index (χ1) is 22.5. The second-order valence-corrected chi connectivity index (χ2v) is 13.6. The largest absolute Gasteiger partial charge is 0.497 e. The number of benzene rings is 1. The van der Waals surface area contributed by atoms with Crippen LogP contribution in [-0.4, -0.2) is 118 Å². The number of epoxide rings is 2. The molecule has 7 heterocycles. The summed E-state index contributed by atoms with van der Waals surface area (Å²) in [5.41, 5.74) is -10.7. The fraction of sp³-hybridized carbons (Fsp3) is 0.613. The molecule has 9 aliphatic rings. The molecule has 9 fully saturated rings. The highest BCUT2D eigenvalue weighted by Crippen LogP contribution is 2.92. The molecule has 2 aliphatic carbocycles. The highest BCUT2D eigenvalue weighted by molar-refractivity contribution is 6.28. The van der Waals surface area contributed by atoms with Crippen LogP contribution in [0, 0.1) is 34.5 Å². The van der Waals surface area contributed by atoms with Gasteiger partial charge in [0.25, 0.3) is 0 Å². The summed E-state index contributed by atoms with van der Waals surface area (Å²) < 4.78 is 51.0. The second kappa shape index (κ2) is 7.61. The number of hydrogen-bond donors (Lipinski definition) is 0. The van der Waals surface area contributed by atoms with E-state index in [0.29, 0.717) is 5.75 Å². The van der Waals surface area contributed by atoms with E-state index in [9.17, 15) is 19.2 Å². The molecule has 1 aromatic rings. The first kappa shape index (κ1) is 27.9. The van der Waals surface area contributed by atoms with Crippen molar-refractivity contribution in [2.24, 2.45) is 34.5 Å². The average molecular weight is 654 g/mol. The third-order valence-electron chi connectivity index (χ3n) is 13.1. The smallest absolute Gasteiger partial charge is 0.342 e. The number of imide groups is 1. The molecular weight excluding hydrogens is 626 g/mol. The van der Waals surface area contributed by atoms with Gasteiger partial charge in [-0.2, -0.15) is 0 Å². The fourth-order valence-corrected chi connectivity index (χ4v) is 11.8. The van der Waals surface area contributed by atoms with Crippen molar-refractivity contribution in [1.29, 1.82) is 0 Å². The number of hydrogen-bond acceptors (Lipinski definition) is 15. The summed E-state index contributed by atoms with van der Waals surface area (Å²) in [7, 11) is 6.08. The van der Waals surface area contributed by atoms with E-state index < -0.39 is 117 Å². The molecule has 0 N–H and O–H groups in total. The molecule has 246 valence electrons. The van der Waals surface area contributed by atoms with Gasteiger partial charge in [-0.3, -0.25) is 9.59 Å². The van der Waals surface area contributed by atoms with Gasteiger partial charge in [-0.1, -0.05) is 0 Å². The predicted molar refractivity (Wildman–Crippen MR) is 143 cm³/mol. The summed E-state index contributed by atoms with van der Waals surface area (Å²) in [5, 5.41) is 0. The molecule has 10 rings (SSSR count). The van der Waals surface area contributed by atoms with E-state index in [1.165, 1.54) is 7.11 Å². The molecular formula is C31H27NO15. The molecule has 47 heavy (non-hydrogen) atoms. The Hall–Kier alpha value is -4.12. The topological polar surface area (TPSA) is 195 Å². The number of amides is 2. The molecule has 0 radical (unpaired) electrons. The van der Waals surface area contributed by atoms with Gasteiger partial charge in [0, 0.05) is 23.7 Å². The Morgan fingerprint density at radius 1 is 0.574 bits per heavy atom. The van der Waals surface area contributed by atoms with Gasteiger partial charge in [0.1, 0.15) is 16.6 Å². The molecule has 16 heteroatoms. The van der Waals surface area contributed by atoms with Gasteiger partial charge in [-0.05, 0) is 24.3 Å². The van der Waals surface area contributed by atoms with Crippen molar-refractivity contribution in [3.63, 3.8) is 0 Å². The Bertz CT molecular complexity index is 1620. The van der Waals surface area contributed by atoms with Gasteiger partial charge in [0.05, 0.1) is 65.7 Å². The lowest BCUT2D eigenvalue weighted by Crippen LogP contribution is -2.80. The zero-order valence-electron chi connectivity index (χ0n) is 25.5. The Labute approximate surface area is 264 Å². The second-order valence-electron chi connectivity index (χ2n) is 13.6. The number of rotatable bonds is 6. The highest BCUT2D eigenvalue weighted by atomic mass is 16.7. The van der Waals surface area contributed by atoms with Crippen molar-refractivity contribution >= 4 is 41.4 Å². The number of carbonyl (C=O) groups excluding carboxylic acids is 6. The Morgan fingerprint density at radius 2 is 0.894 bits per heavy atom.